The predicted molar refractivity (Wildman–Crippen MR) is 115 cm³/mol. The highest BCUT2D eigenvalue weighted by Gasteiger charge is 2.53. The lowest BCUT2D eigenvalue weighted by Crippen LogP contribution is -2.46. The fourth-order valence-electron chi connectivity index (χ4n) is 2.70. The molecule has 0 saturated heterocycles. The number of carbonyl (C=O) groups excluding carboxylic acids is 2. The molecule has 1 rings (SSSR count). The quantitative estimate of drug-likeness (QED) is 0.320. The molecule has 32 heavy (non-hydrogen) atoms. The van der Waals surface area contributed by atoms with Crippen LogP contribution in [0.5, 0.6) is 0 Å². The summed E-state index contributed by atoms with van der Waals surface area (Å²) in [7, 11) is 3.96. The van der Waals surface area contributed by atoms with Crippen LogP contribution in [0.4, 0.5) is 0 Å². The van der Waals surface area contributed by atoms with Gasteiger partial charge in [-0.2, -0.15) is 0 Å². The zero-order chi connectivity index (χ0) is 24.6. The minimum atomic E-state index is -2.01. The fraction of sp³-hybridized carbons (Fsp3) is 0.565. The van der Waals surface area contributed by atoms with E-state index in [1.807, 2.05) is 0 Å². The Hall–Kier alpha value is -2.80. The van der Waals surface area contributed by atoms with E-state index in [1.165, 1.54) is 33.5 Å². The fourth-order valence-corrected chi connectivity index (χ4v) is 2.70. The van der Waals surface area contributed by atoms with Crippen molar-refractivity contribution in [1.29, 1.82) is 0 Å². The molecule has 0 heterocycles. The van der Waals surface area contributed by atoms with Gasteiger partial charge in [0, 0.05) is 20.3 Å². The molecule has 2 atom stereocenters. The van der Waals surface area contributed by atoms with Crippen molar-refractivity contribution in [1.82, 2.24) is 0 Å². The van der Waals surface area contributed by atoms with Crippen LogP contribution in [0.15, 0.2) is 35.8 Å². The molecular formula is C23H32O9. The van der Waals surface area contributed by atoms with Gasteiger partial charge < -0.3 is 33.5 Å². The van der Waals surface area contributed by atoms with Crippen LogP contribution in [0.2, 0.25) is 0 Å². The molecule has 0 spiro atoms. The Morgan fingerprint density at radius 1 is 1.06 bits per heavy atom. The van der Waals surface area contributed by atoms with Gasteiger partial charge in [0.05, 0.1) is 13.5 Å². The Balaban J connectivity index is 3.81. The van der Waals surface area contributed by atoms with Gasteiger partial charge in [0.25, 0.3) is 0 Å². The average molecular weight is 453 g/mol. The Bertz CT molecular complexity index is 838. The van der Waals surface area contributed by atoms with Gasteiger partial charge in [-0.05, 0) is 39.3 Å². The number of rotatable bonds is 9. The van der Waals surface area contributed by atoms with Crippen molar-refractivity contribution in [3.8, 4) is 11.8 Å². The lowest BCUT2D eigenvalue weighted by molar-refractivity contribution is -0.170. The predicted octanol–water partition coefficient (Wildman–Crippen LogP) is 2.21. The molecular weight excluding hydrogens is 420 g/mol. The third kappa shape index (κ3) is 7.12. The van der Waals surface area contributed by atoms with E-state index in [1.54, 1.807) is 27.7 Å². The van der Waals surface area contributed by atoms with E-state index >= 15 is 0 Å². The summed E-state index contributed by atoms with van der Waals surface area (Å²) in [5.41, 5.74) is -4.24. The van der Waals surface area contributed by atoms with Crippen molar-refractivity contribution in [2.75, 3.05) is 34.9 Å². The molecule has 0 saturated carbocycles. The number of ether oxygens (including phenoxy) is 6. The zero-order valence-corrected chi connectivity index (χ0v) is 19.7. The summed E-state index contributed by atoms with van der Waals surface area (Å²) in [6.45, 7) is 9.87. The maximum absolute atomic E-state index is 13.4. The molecule has 9 nitrogen and oxygen atoms in total. The van der Waals surface area contributed by atoms with Crippen molar-refractivity contribution >= 4 is 11.9 Å². The molecule has 0 aromatic heterocycles. The lowest BCUT2D eigenvalue weighted by Gasteiger charge is -2.38. The van der Waals surface area contributed by atoms with Crippen LogP contribution in [0.1, 0.15) is 34.1 Å². The second-order valence-electron chi connectivity index (χ2n) is 8.14. The zero-order valence-electron chi connectivity index (χ0n) is 19.7. The van der Waals surface area contributed by atoms with Crippen LogP contribution >= 0.6 is 0 Å². The average Bonchev–Trinajstić information content (AvgIpc) is 2.69. The van der Waals surface area contributed by atoms with Gasteiger partial charge in [0.15, 0.2) is 19.0 Å². The smallest absolute Gasteiger partial charge is 0.324 e. The number of esters is 2. The molecule has 1 aliphatic carbocycles. The highest BCUT2D eigenvalue weighted by molar-refractivity contribution is 5.89. The monoisotopic (exact) mass is 452 g/mol. The Morgan fingerprint density at radius 2 is 1.62 bits per heavy atom. The Kier molecular flexibility index (Phi) is 9.51. The number of methoxy groups -OCH3 is 3. The number of hydrogen-bond donors (Lipinski definition) is 1. The standard InChI is InChI=1S/C23H32O9/c1-16(2)9-10-23(26)12-17(30-14-27-6)22(13-19(24)29-8,11-18(23)31-15-28-7)20(25)32-21(3,4)5/h11-12,26H,1,13-15H2,2-8H3. The van der Waals surface area contributed by atoms with Crippen LogP contribution in [-0.4, -0.2) is 63.2 Å². The third-order valence-electron chi connectivity index (χ3n) is 4.08. The molecule has 1 aliphatic rings. The van der Waals surface area contributed by atoms with Gasteiger partial charge in [-0.1, -0.05) is 18.4 Å². The summed E-state index contributed by atoms with van der Waals surface area (Å²) in [4.78, 5) is 25.7. The van der Waals surface area contributed by atoms with Gasteiger partial charge in [0.1, 0.15) is 17.1 Å². The summed E-state index contributed by atoms with van der Waals surface area (Å²) in [6, 6.07) is 0. The topological polar surface area (TPSA) is 110 Å². The van der Waals surface area contributed by atoms with Crippen LogP contribution in [-0.2, 0) is 38.0 Å². The maximum Gasteiger partial charge on any atom is 0.324 e. The van der Waals surface area contributed by atoms with Crippen molar-refractivity contribution in [3.63, 3.8) is 0 Å². The van der Waals surface area contributed by atoms with Crippen molar-refractivity contribution in [2.24, 2.45) is 5.41 Å². The molecule has 0 aromatic rings. The summed E-state index contributed by atoms with van der Waals surface area (Å²) < 4.78 is 31.5. The number of allylic oxidation sites excluding steroid dienone is 1. The van der Waals surface area contributed by atoms with Crippen molar-refractivity contribution in [2.45, 2.75) is 45.3 Å². The summed E-state index contributed by atoms with van der Waals surface area (Å²) in [5, 5.41) is 11.3. The van der Waals surface area contributed by atoms with Crippen molar-refractivity contribution < 1.29 is 43.1 Å². The van der Waals surface area contributed by atoms with Crippen LogP contribution in [0.3, 0.4) is 0 Å². The van der Waals surface area contributed by atoms with Gasteiger partial charge in [-0.25, -0.2) is 0 Å². The van der Waals surface area contributed by atoms with Crippen LogP contribution in [0, 0.1) is 17.3 Å². The summed E-state index contributed by atoms with van der Waals surface area (Å²) >= 11 is 0. The van der Waals surface area contributed by atoms with E-state index in [4.69, 9.17) is 28.4 Å². The minimum Gasteiger partial charge on any atom is -0.471 e. The van der Waals surface area contributed by atoms with E-state index in [0.29, 0.717) is 5.57 Å². The van der Waals surface area contributed by atoms with Crippen LogP contribution < -0.4 is 0 Å². The first-order valence-electron chi connectivity index (χ1n) is 9.75. The first-order chi connectivity index (χ1) is 14.8. The SMILES string of the molecule is C=C(C)C#CC1(O)C=C(OCOC)C(CC(=O)OC)(C(=O)OC(C)(C)C)C=C1OCOC. The first-order valence-corrected chi connectivity index (χ1v) is 9.75. The number of hydrogen-bond acceptors (Lipinski definition) is 9. The van der Waals surface area contributed by atoms with E-state index in [-0.39, 0.29) is 25.1 Å². The molecule has 0 radical (unpaired) electrons. The molecule has 0 aromatic carbocycles. The molecule has 1 N–H and O–H groups in total. The van der Waals surface area contributed by atoms with E-state index in [2.05, 4.69) is 18.4 Å². The largest absolute Gasteiger partial charge is 0.471 e. The van der Waals surface area contributed by atoms with Crippen molar-refractivity contribution in [3.05, 3.63) is 35.8 Å². The highest BCUT2D eigenvalue weighted by Crippen LogP contribution is 2.45. The second-order valence-corrected chi connectivity index (χ2v) is 8.14. The molecule has 0 aliphatic heterocycles. The lowest BCUT2D eigenvalue weighted by atomic mass is 9.74. The maximum atomic E-state index is 13.4. The minimum absolute atomic E-state index is 0.109. The van der Waals surface area contributed by atoms with Gasteiger partial charge in [0.2, 0.25) is 5.60 Å². The Labute approximate surface area is 188 Å². The van der Waals surface area contributed by atoms with Gasteiger partial charge >= 0.3 is 11.9 Å². The molecule has 0 amide bonds. The second kappa shape index (κ2) is 11.2. The van der Waals surface area contributed by atoms with E-state index in [9.17, 15) is 14.7 Å². The van der Waals surface area contributed by atoms with Gasteiger partial charge in [-0.3, -0.25) is 9.59 Å². The first kappa shape index (κ1) is 27.2. The molecule has 9 heteroatoms. The molecule has 0 bridgehead atoms. The number of aliphatic hydroxyl groups is 1. The van der Waals surface area contributed by atoms with E-state index < -0.39 is 35.0 Å². The van der Waals surface area contributed by atoms with E-state index in [0.717, 1.165) is 0 Å². The molecule has 0 fully saturated rings. The number of carbonyl (C=O) groups is 2. The summed E-state index contributed by atoms with van der Waals surface area (Å²) in [5.74, 6) is 3.55. The summed E-state index contributed by atoms with van der Waals surface area (Å²) in [6.07, 6.45) is 1.94. The van der Waals surface area contributed by atoms with Gasteiger partial charge in [-0.15, -0.1) is 0 Å². The molecule has 2 unspecified atom stereocenters. The highest BCUT2D eigenvalue weighted by atomic mass is 16.7. The molecule has 178 valence electrons. The third-order valence-corrected chi connectivity index (χ3v) is 4.08. The van der Waals surface area contributed by atoms with Crippen LogP contribution in [0.25, 0.3) is 0 Å². The Morgan fingerprint density at radius 3 is 2.09 bits per heavy atom. The normalized spacial score (nSPS) is 22.5.